The van der Waals surface area contributed by atoms with Crippen LogP contribution in [-0.2, 0) is 4.79 Å². The standard InChI is InChI=1S/C12H12ClN3O2S2/c1-7(20-12-16-14-6-19-12)11(17)15-9-5-8(13)3-4-10(9)18-2/h3-7H,1-2H3,(H,15,17)/t7-/m1/s1. The van der Waals surface area contributed by atoms with Crippen LogP contribution >= 0.6 is 34.7 Å². The maximum atomic E-state index is 12.1. The quantitative estimate of drug-likeness (QED) is 0.852. The van der Waals surface area contributed by atoms with Crippen molar-refractivity contribution in [3.8, 4) is 5.75 Å². The van der Waals surface area contributed by atoms with Crippen molar-refractivity contribution in [2.24, 2.45) is 0 Å². The Labute approximate surface area is 129 Å². The molecule has 1 aromatic heterocycles. The van der Waals surface area contributed by atoms with E-state index in [4.69, 9.17) is 16.3 Å². The third-order valence-electron chi connectivity index (χ3n) is 2.41. The highest BCUT2D eigenvalue weighted by atomic mass is 35.5. The highest BCUT2D eigenvalue weighted by Gasteiger charge is 2.17. The molecule has 1 heterocycles. The van der Waals surface area contributed by atoms with Crippen molar-refractivity contribution >= 4 is 46.3 Å². The van der Waals surface area contributed by atoms with E-state index in [-0.39, 0.29) is 11.2 Å². The second-order valence-corrected chi connectivity index (χ2v) is 6.66. The molecule has 0 bridgehead atoms. The Morgan fingerprint density at radius 2 is 2.35 bits per heavy atom. The summed E-state index contributed by atoms with van der Waals surface area (Å²) in [6.45, 7) is 1.80. The first-order chi connectivity index (χ1) is 9.60. The van der Waals surface area contributed by atoms with E-state index >= 15 is 0 Å². The Balaban J connectivity index is 2.05. The van der Waals surface area contributed by atoms with Gasteiger partial charge in [0.05, 0.1) is 18.0 Å². The molecule has 0 aliphatic carbocycles. The maximum Gasteiger partial charge on any atom is 0.237 e. The van der Waals surface area contributed by atoms with Crippen molar-refractivity contribution in [3.63, 3.8) is 0 Å². The van der Waals surface area contributed by atoms with Crippen LogP contribution in [0.2, 0.25) is 5.02 Å². The zero-order chi connectivity index (χ0) is 14.5. The van der Waals surface area contributed by atoms with Crippen molar-refractivity contribution in [3.05, 3.63) is 28.7 Å². The molecular weight excluding hydrogens is 318 g/mol. The molecule has 0 saturated carbocycles. The van der Waals surface area contributed by atoms with Gasteiger partial charge in [-0.1, -0.05) is 34.7 Å². The van der Waals surface area contributed by atoms with Gasteiger partial charge in [-0.15, -0.1) is 10.2 Å². The molecule has 1 atom stereocenters. The molecule has 2 rings (SSSR count). The Bertz CT molecular complexity index is 592. The smallest absolute Gasteiger partial charge is 0.237 e. The molecule has 1 aromatic carbocycles. The van der Waals surface area contributed by atoms with Gasteiger partial charge in [0.1, 0.15) is 11.3 Å². The first-order valence-electron chi connectivity index (χ1n) is 5.67. The van der Waals surface area contributed by atoms with Crippen LogP contribution in [-0.4, -0.2) is 28.5 Å². The SMILES string of the molecule is COc1ccc(Cl)cc1NC(=O)[C@@H](C)Sc1nncs1. The highest BCUT2D eigenvalue weighted by Crippen LogP contribution is 2.29. The summed E-state index contributed by atoms with van der Waals surface area (Å²) in [6, 6.07) is 5.07. The van der Waals surface area contributed by atoms with Gasteiger partial charge in [0.15, 0.2) is 4.34 Å². The number of halogens is 1. The van der Waals surface area contributed by atoms with Crippen molar-refractivity contribution in [1.82, 2.24) is 10.2 Å². The minimum atomic E-state index is -0.299. The van der Waals surface area contributed by atoms with Crippen LogP contribution < -0.4 is 10.1 Å². The third kappa shape index (κ3) is 3.84. The molecule has 0 aliphatic heterocycles. The van der Waals surface area contributed by atoms with E-state index in [9.17, 15) is 4.79 Å². The molecule has 0 radical (unpaired) electrons. The lowest BCUT2D eigenvalue weighted by molar-refractivity contribution is -0.115. The Hall–Kier alpha value is -1.31. The topological polar surface area (TPSA) is 64.1 Å². The Morgan fingerprint density at radius 3 is 3.00 bits per heavy atom. The number of anilines is 1. The van der Waals surface area contributed by atoms with Crippen molar-refractivity contribution in [1.29, 1.82) is 0 Å². The first kappa shape index (κ1) is 15.1. The monoisotopic (exact) mass is 329 g/mol. The largest absolute Gasteiger partial charge is 0.495 e. The molecule has 0 spiro atoms. The number of nitrogens with zero attached hydrogens (tertiary/aromatic N) is 2. The van der Waals surface area contributed by atoms with Crippen LogP contribution in [0, 0.1) is 0 Å². The molecule has 1 amide bonds. The van der Waals surface area contributed by atoms with Crippen LogP contribution in [0.3, 0.4) is 0 Å². The van der Waals surface area contributed by atoms with Gasteiger partial charge in [-0.25, -0.2) is 0 Å². The van der Waals surface area contributed by atoms with Crippen LogP contribution in [0.1, 0.15) is 6.92 Å². The fourth-order valence-electron chi connectivity index (χ4n) is 1.43. The lowest BCUT2D eigenvalue weighted by atomic mass is 10.3. The number of carbonyl (C=O) groups is 1. The summed E-state index contributed by atoms with van der Waals surface area (Å²) >= 11 is 8.68. The lowest BCUT2D eigenvalue weighted by Crippen LogP contribution is -2.22. The zero-order valence-corrected chi connectivity index (χ0v) is 13.2. The predicted molar refractivity (Wildman–Crippen MR) is 81.9 cm³/mol. The number of hydrogen-bond acceptors (Lipinski definition) is 6. The van der Waals surface area contributed by atoms with Gasteiger partial charge in [0, 0.05) is 5.02 Å². The second kappa shape index (κ2) is 6.92. The fraction of sp³-hybridized carbons (Fsp3) is 0.250. The minimum absolute atomic E-state index is 0.147. The van der Waals surface area contributed by atoms with Gasteiger partial charge in [-0.2, -0.15) is 0 Å². The number of methoxy groups -OCH3 is 1. The summed E-state index contributed by atoms with van der Waals surface area (Å²) in [6.07, 6.45) is 0. The number of amides is 1. The van der Waals surface area contributed by atoms with E-state index < -0.39 is 0 Å². The van der Waals surface area contributed by atoms with E-state index in [1.54, 1.807) is 30.6 Å². The second-order valence-electron chi connectivity index (χ2n) is 3.80. The van der Waals surface area contributed by atoms with Crippen molar-refractivity contribution in [2.45, 2.75) is 16.5 Å². The molecule has 0 saturated heterocycles. The summed E-state index contributed by atoms with van der Waals surface area (Å²) in [5.74, 6) is 0.418. The number of rotatable bonds is 5. The van der Waals surface area contributed by atoms with E-state index in [0.717, 1.165) is 4.34 Å². The molecule has 0 fully saturated rings. The van der Waals surface area contributed by atoms with E-state index in [1.165, 1.54) is 30.2 Å². The summed E-state index contributed by atoms with van der Waals surface area (Å²) in [4.78, 5) is 12.1. The number of aromatic nitrogens is 2. The number of carbonyl (C=O) groups excluding carboxylic acids is 1. The molecule has 8 heteroatoms. The summed E-state index contributed by atoms with van der Waals surface area (Å²) in [5.41, 5.74) is 2.18. The molecule has 5 nitrogen and oxygen atoms in total. The van der Waals surface area contributed by atoms with Gasteiger partial charge in [-0.3, -0.25) is 4.79 Å². The normalized spacial score (nSPS) is 11.9. The van der Waals surface area contributed by atoms with E-state index in [0.29, 0.717) is 16.5 Å². The Kier molecular flexibility index (Phi) is 5.22. The van der Waals surface area contributed by atoms with Crippen LogP contribution in [0.5, 0.6) is 5.75 Å². The van der Waals surface area contributed by atoms with Gasteiger partial charge in [0.2, 0.25) is 5.91 Å². The molecule has 0 aliphatic rings. The van der Waals surface area contributed by atoms with Gasteiger partial charge >= 0.3 is 0 Å². The number of nitrogens with one attached hydrogen (secondary N) is 1. The van der Waals surface area contributed by atoms with E-state index in [1.807, 2.05) is 0 Å². The van der Waals surface area contributed by atoms with Gasteiger partial charge < -0.3 is 10.1 Å². The molecule has 0 unspecified atom stereocenters. The molecule has 1 N–H and O–H groups in total. The van der Waals surface area contributed by atoms with Crippen LogP contribution in [0.25, 0.3) is 0 Å². The average Bonchev–Trinajstić information content (AvgIpc) is 2.91. The summed E-state index contributed by atoms with van der Waals surface area (Å²) in [7, 11) is 1.54. The number of hydrogen-bond donors (Lipinski definition) is 1. The zero-order valence-electron chi connectivity index (χ0n) is 10.8. The fourth-order valence-corrected chi connectivity index (χ4v) is 3.23. The first-order valence-corrected chi connectivity index (χ1v) is 7.81. The van der Waals surface area contributed by atoms with E-state index in [2.05, 4.69) is 15.5 Å². The molecule has 20 heavy (non-hydrogen) atoms. The minimum Gasteiger partial charge on any atom is -0.495 e. The third-order valence-corrected chi connectivity index (χ3v) is 4.55. The van der Waals surface area contributed by atoms with Gasteiger partial charge in [-0.05, 0) is 25.1 Å². The predicted octanol–water partition coefficient (Wildman–Crippen LogP) is 3.32. The number of thioether (sulfide) groups is 1. The summed E-state index contributed by atoms with van der Waals surface area (Å²) in [5, 5.41) is 10.7. The number of ether oxygens (including phenoxy) is 1. The highest BCUT2D eigenvalue weighted by molar-refractivity contribution is 8.02. The maximum absolute atomic E-state index is 12.1. The molecule has 106 valence electrons. The van der Waals surface area contributed by atoms with Crippen molar-refractivity contribution in [2.75, 3.05) is 12.4 Å². The molecule has 2 aromatic rings. The number of benzene rings is 1. The molecular formula is C12H12ClN3O2S2. The summed E-state index contributed by atoms with van der Waals surface area (Å²) < 4.78 is 5.94. The average molecular weight is 330 g/mol. The lowest BCUT2D eigenvalue weighted by Gasteiger charge is -2.13. The van der Waals surface area contributed by atoms with Gasteiger partial charge in [0.25, 0.3) is 0 Å². The van der Waals surface area contributed by atoms with Crippen molar-refractivity contribution < 1.29 is 9.53 Å². The van der Waals surface area contributed by atoms with Crippen LogP contribution in [0.4, 0.5) is 5.69 Å². The van der Waals surface area contributed by atoms with Crippen LogP contribution in [0.15, 0.2) is 28.0 Å². The Morgan fingerprint density at radius 1 is 1.55 bits per heavy atom.